The lowest BCUT2D eigenvalue weighted by Crippen LogP contribution is -2.33. The SMILES string of the molecule is COc1ccc(CCNC(N)=NCCc2cc(C)ccc2OC)cc1.I. The van der Waals surface area contributed by atoms with Crippen molar-refractivity contribution in [3.05, 3.63) is 59.2 Å². The van der Waals surface area contributed by atoms with Crippen LogP contribution in [-0.4, -0.2) is 33.3 Å². The van der Waals surface area contributed by atoms with E-state index in [2.05, 4.69) is 35.4 Å². The van der Waals surface area contributed by atoms with Gasteiger partial charge in [0, 0.05) is 13.1 Å². The van der Waals surface area contributed by atoms with E-state index in [1.165, 1.54) is 11.1 Å². The molecule has 2 aromatic rings. The number of nitrogens with zero attached hydrogens (tertiary/aromatic N) is 1. The first-order valence-corrected chi connectivity index (χ1v) is 8.42. The van der Waals surface area contributed by atoms with Gasteiger partial charge in [0.15, 0.2) is 5.96 Å². The van der Waals surface area contributed by atoms with Crippen molar-refractivity contribution in [2.75, 3.05) is 27.3 Å². The molecule has 2 rings (SSSR count). The normalized spacial score (nSPS) is 10.8. The predicted molar refractivity (Wildman–Crippen MR) is 118 cm³/mol. The van der Waals surface area contributed by atoms with E-state index >= 15 is 0 Å². The molecular formula is C20H28IN3O2. The highest BCUT2D eigenvalue weighted by molar-refractivity contribution is 14.0. The molecule has 0 spiro atoms. The van der Waals surface area contributed by atoms with E-state index in [0.717, 1.165) is 36.4 Å². The van der Waals surface area contributed by atoms with Gasteiger partial charge in [0.1, 0.15) is 11.5 Å². The van der Waals surface area contributed by atoms with Gasteiger partial charge in [0.05, 0.1) is 14.2 Å². The van der Waals surface area contributed by atoms with Crippen molar-refractivity contribution in [3.8, 4) is 11.5 Å². The summed E-state index contributed by atoms with van der Waals surface area (Å²) in [6, 6.07) is 14.2. The average Bonchev–Trinajstić information content (AvgIpc) is 2.62. The third kappa shape index (κ3) is 7.11. The lowest BCUT2D eigenvalue weighted by atomic mass is 10.1. The fourth-order valence-electron chi connectivity index (χ4n) is 2.58. The van der Waals surface area contributed by atoms with Gasteiger partial charge in [-0.3, -0.25) is 4.99 Å². The zero-order valence-electron chi connectivity index (χ0n) is 15.6. The van der Waals surface area contributed by atoms with Crippen molar-refractivity contribution in [2.45, 2.75) is 19.8 Å². The minimum Gasteiger partial charge on any atom is -0.497 e. The van der Waals surface area contributed by atoms with Gasteiger partial charge >= 0.3 is 0 Å². The number of nitrogens with two attached hydrogens (primary N) is 1. The number of benzene rings is 2. The van der Waals surface area contributed by atoms with Crippen molar-refractivity contribution in [1.82, 2.24) is 5.32 Å². The second-order valence-corrected chi connectivity index (χ2v) is 5.86. The van der Waals surface area contributed by atoms with Gasteiger partial charge in [-0.25, -0.2) is 0 Å². The maximum atomic E-state index is 5.94. The van der Waals surface area contributed by atoms with Gasteiger partial charge in [-0.05, 0) is 49.1 Å². The van der Waals surface area contributed by atoms with Crippen LogP contribution in [0.1, 0.15) is 16.7 Å². The summed E-state index contributed by atoms with van der Waals surface area (Å²) < 4.78 is 10.5. The summed E-state index contributed by atoms with van der Waals surface area (Å²) in [6.45, 7) is 3.44. The summed E-state index contributed by atoms with van der Waals surface area (Å²) in [7, 11) is 3.35. The second kappa shape index (κ2) is 11.6. The Hall–Kier alpha value is -1.96. The fraction of sp³-hybridized carbons (Fsp3) is 0.350. The van der Waals surface area contributed by atoms with Crippen LogP contribution in [0.5, 0.6) is 11.5 Å². The summed E-state index contributed by atoms with van der Waals surface area (Å²) >= 11 is 0. The monoisotopic (exact) mass is 469 g/mol. The van der Waals surface area contributed by atoms with Crippen LogP contribution in [0.15, 0.2) is 47.5 Å². The second-order valence-electron chi connectivity index (χ2n) is 5.86. The maximum absolute atomic E-state index is 5.94. The summed E-state index contributed by atoms with van der Waals surface area (Å²) in [5.74, 6) is 2.23. The Balaban J connectivity index is 0.00000338. The molecule has 3 N–H and O–H groups in total. The molecule has 2 aromatic carbocycles. The molecule has 0 saturated carbocycles. The molecule has 6 heteroatoms. The van der Waals surface area contributed by atoms with E-state index in [-0.39, 0.29) is 24.0 Å². The molecule has 26 heavy (non-hydrogen) atoms. The van der Waals surface area contributed by atoms with Gasteiger partial charge in [0.25, 0.3) is 0 Å². The van der Waals surface area contributed by atoms with E-state index in [1.807, 2.05) is 24.3 Å². The number of hydrogen-bond donors (Lipinski definition) is 2. The molecule has 0 unspecified atom stereocenters. The number of methoxy groups -OCH3 is 2. The van der Waals surface area contributed by atoms with Crippen LogP contribution < -0.4 is 20.5 Å². The van der Waals surface area contributed by atoms with Gasteiger partial charge in [-0.2, -0.15) is 0 Å². The van der Waals surface area contributed by atoms with Gasteiger partial charge < -0.3 is 20.5 Å². The minimum atomic E-state index is 0. The molecule has 0 aromatic heterocycles. The van der Waals surface area contributed by atoms with Crippen molar-refractivity contribution in [2.24, 2.45) is 10.7 Å². The molecule has 0 fully saturated rings. The van der Waals surface area contributed by atoms with Crippen molar-refractivity contribution in [1.29, 1.82) is 0 Å². The molecule has 5 nitrogen and oxygen atoms in total. The van der Waals surface area contributed by atoms with Gasteiger partial charge in [0.2, 0.25) is 0 Å². The fourth-order valence-corrected chi connectivity index (χ4v) is 2.58. The maximum Gasteiger partial charge on any atom is 0.188 e. The van der Waals surface area contributed by atoms with E-state index < -0.39 is 0 Å². The first-order chi connectivity index (χ1) is 12.1. The van der Waals surface area contributed by atoms with Crippen LogP contribution in [0, 0.1) is 6.92 Å². The molecule has 0 saturated heterocycles. The number of guanidine groups is 1. The molecule has 0 aliphatic rings. The lowest BCUT2D eigenvalue weighted by molar-refractivity contribution is 0.409. The number of aliphatic imine (C=N–C) groups is 1. The van der Waals surface area contributed by atoms with Crippen molar-refractivity contribution >= 4 is 29.9 Å². The molecule has 0 amide bonds. The molecule has 0 atom stereocenters. The number of rotatable bonds is 8. The molecular weight excluding hydrogens is 441 g/mol. The highest BCUT2D eigenvalue weighted by atomic mass is 127. The molecule has 142 valence electrons. The van der Waals surface area contributed by atoms with Gasteiger partial charge in [-0.15, -0.1) is 24.0 Å². The Morgan fingerprint density at radius 2 is 1.77 bits per heavy atom. The van der Waals surface area contributed by atoms with E-state index in [0.29, 0.717) is 12.5 Å². The number of hydrogen-bond acceptors (Lipinski definition) is 3. The van der Waals surface area contributed by atoms with Crippen LogP contribution in [0.3, 0.4) is 0 Å². The first-order valence-electron chi connectivity index (χ1n) is 8.42. The van der Waals surface area contributed by atoms with Crippen molar-refractivity contribution < 1.29 is 9.47 Å². The number of ether oxygens (including phenoxy) is 2. The Bertz CT molecular complexity index is 703. The molecule has 0 heterocycles. The Kier molecular flexibility index (Phi) is 9.87. The lowest BCUT2D eigenvalue weighted by Gasteiger charge is -2.09. The molecule has 0 aliphatic heterocycles. The Morgan fingerprint density at radius 3 is 2.42 bits per heavy atom. The highest BCUT2D eigenvalue weighted by Crippen LogP contribution is 2.20. The van der Waals surface area contributed by atoms with Crippen LogP contribution in [0.25, 0.3) is 0 Å². The predicted octanol–water partition coefficient (Wildman–Crippen LogP) is 3.32. The summed E-state index contributed by atoms with van der Waals surface area (Å²) in [6.07, 6.45) is 1.68. The van der Waals surface area contributed by atoms with Gasteiger partial charge in [-0.1, -0.05) is 29.8 Å². The minimum absolute atomic E-state index is 0. The Morgan fingerprint density at radius 1 is 1.04 bits per heavy atom. The van der Waals surface area contributed by atoms with E-state index in [4.69, 9.17) is 15.2 Å². The third-order valence-electron chi connectivity index (χ3n) is 3.98. The van der Waals surface area contributed by atoms with E-state index in [1.54, 1.807) is 14.2 Å². The first kappa shape index (κ1) is 22.1. The van der Waals surface area contributed by atoms with Crippen molar-refractivity contribution in [3.63, 3.8) is 0 Å². The molecule has 0 aliphatic carbocycles. The standard InChI is InChI=1S/C20H27N3O2.HI/c1-15-4-9-19(25-3)17(14-15)11-13-23-20(21)22-12-10-16-5-7-18(24-2)8-6-16;/h4-9,14H,10-13H2,1-3H3,(H3,21,22,23);1H. The van der Waals surface area contributed by atoms with Crippen LogP contribution >= 0.6 is 24.0 Å². The largest absolute Gasteiger partial charge is 0.497 e. The van der Waals surface area contributed by atoms with E-state index in [9.17, 15) is 0 Å². The summed E-state index contributed by atoms with van der Waals surface area (Å²) in [4.78, 5) is 4.39. The van der Waals surface area contributed by atoms with Crippen LogP contribution in [0.4, 0.5) is 0 Å². The molecule has 0 radical (unpaired) electrons. The van der Waals surface area contributed by atoms with Crippen LogP contribution in [-0.2, 0) is 12.8 Å². The van der Waals surface area contributed by atoms with Crippen LogP contribution in [0.2, 0.25) is 0 Å². The quantitative estimate of drug-likeness (QED) is 0.354. The topological polar surface area (TPSA) is 68.9 Å². The zero-order chi connectivity index (χ0) is 18.1. The zero-order valence-corrected chi connectivity index (χ0v) is 17.9. The molecule has 0 bridgehead atoms. The third-order valence-corrected chi connectivity index (χ3v) is 3.98. The average molecular weight is 469 g/mol. The Labute approximate surface area is 173 Å². The highest BCUT2D eigenvalue weighted by Gasteiger charge is 2.03. The summed E-state index contributed by atoms with van der Waals surface area (Å²) in [5, 5.41) is 3.15. The number of aryl methyl sites for hydroxylation is 1. The smallest absolute Gasteiger partial charge is 0.188 e. The number of halogens is 1. The summed E-state index contributed by atoms with van der Waals surface area (Å²) in [5.41, 5.74) is 9.53. The number of nitrogens with one attached hydrogen (secondary N) is 1.